The molecule has 1 saturated carbocycles. The van der Waals surface area contributed by atoms with Crippen molar-refractivity contribution in [2.45, 2.75) is 122 Å². The van der Waals surface area contributed by atoms with Crippen molar-refractivity contribution >= 4 is 17.8 Å². The van der Waals surface area contributed by atoms with Crippen LogP contribution in [0, 0.1) is 22.0 Å². The number of unbranched alkanes of at least 4 members (excludes halogenated alkanes) is 1. The fraction of sp³-hybridized carbons (Fsp3) is 0.639. The molecule has 1 aromatic carbocycles. The molecule has 0 bridgehead atoms. The van der Waals surface area contributed by atoms with Gasteiger partial charge in [-0.05, 0) is 82.6 Å². The highest BCUT2D eigenvalue weighted by Crippen LogP contribution is 2.36. The van der Waals surface area contributed by atoms with Crippen LogP contribution in [-0.4, -0.2) is 76.8 Å². The van der Waals surface area contributed by atoms with Crippen LogP contribution in [0.25, 0.3) is 0 Å². The summed E-state index contributed by atoms with van der Waals surface area (Å²) >= 11 is 0. The second kappa shape index (κ2) is 22.7. The number of carbonyl (C=O) groups excluding carboxylic acids is 3. The zero-order valence-electron chi connectivity index (χ0n) is 29.8. The van der Waals surface area contributed by atoms with Gasteiger partial charge in [-0.3, -0.25) is 14.4 Å². The monoisotopic (exact) mass is 744 g/mol. The number of nitrogens with zero attached hydrogens (tertiary/aromatic N) is 1. The minimum absolute atomic E-state index is 0.0572. The minimum atomic E-state index is -4.60. The van der Waals surface area contributed by atoms with Gasteiger partial charge < -0.3 is 34.6 Å². The van der Waals surface area contributed by atoms with Gasteiger partial charge in [0.2, 0.25) is 5.91 Å². The molecular formula is C36H51F3N2O11. The summed E-state index contributed by atoms with van der Waals surface area (Å²) in [5.41, 5.74) is -0.921. The average molecular weight is 745 g/mol. The van der Waals surface area contributed by atoms with Gasteiger partial charge in [0.1, 0.15) is 18.5 Å². The second-order valence-electron chi connectivity index (χ2n) is 12.9. The Morgan fingerprint density at radius 3 is 2.46 bits per heavy atom. The molecule has 1 aliphatic rings. The van der Waals surface area contributed by atoms with Crippen LogP contribution in [0.4, 0.5) is 13.2 Å². The lowest BCUT2D eigenvalue weighted by atomic mass is 9.89. The molecular weight excluding hydrogens is 693 g/mol. The number of ether oxygens (including phenoxy) is 3. The van der Waals surface area contributed by atoms with Crippen LogP contribution in [0.15, 0.2) is 48.6 Å². The topological polar surface area (TPSA) is 184 Å². The predicted molar refractivity (Wildman–Crippen MR) is 182 cm³/mol. The van der Waals surface area contributed by atoms with Crippen LogP contribution in [0.3, 0.4) is 0 Å². The zero-order chi connectivity index (χ0) is 38.7. The molecule has 0 spiro atoms. The van der Waals surface area contributed by atoms with Gasteiger partial charge in [0.15, 0.2) is 6.10 Å². The smallest absolute Gasteiger partial charge is 0.416 e. The third kappa shape index (κ3) is 17.4. The Bertz CT molecular complexity index is 1340. The number of amides is 1. The molecule has 2 rings (SSSR count). The van der Waals surface area contributed by atoms with E-state index in [0.717, 1.165) is 12.1 Å². The zero-order valence-corrected chi connectivity index (χ0v) is 29.8. The summed E-state index contributed by atoms with van der Waals surface area (Å²) in [6.45, 7) is 4.83. The summed E-state index contributed by atoms with van der Waals surface area (Å²) in [6.07, 6.45) is 1.42. The summed E-state index contributed by atoms with van der Waals surface area (Å²) < 4.78 is 55.9. The molecule has 1 fully saturated rings. The van der Waals surface area contributed by atoms with Crippen LogP contribution >= 0.6 is 0 Å². The fourth-order valence-electron chi connectivity index (χ4n) is 5.65. The van der Waals surface area contributed by atoms with Crippen molar-refractivity contribution in [2.75, 3.05) is 13.2 Å². The lowest BCUT2D eigenvalue weighted by molar-refractivity contribution is -0.768. The van der Waals surface area contributed by atoms with E-state index in [9.17, 15) is 47.9 Å². The molecule has 3 N–H and O–H groups in total. The van der Waals surface area contributed by atoms with E-state index < -0.39 is 53.1 Å². The third-order valence-electron chi connectivity index (χ3n) is 8.29. The Hall–Kier alpha value is -4.18. The number of nitrogens with one attached hydrogen (secondary N) is 1. The number of aliphatic hydroxyl groups excluding tert-OH is 2. The number of hydrogen-bond donors (Lipinski definition) is 3. The van der Waals surface area contributed by atoms with E-state index in [0.29, 0.717) is 38.5 Å². The van der Waals surface area contributed by atoms with Gasteiger partial charge >= 0.3 is 18.1 Å². The maximum atomic E-state index is 13.2. The van der Waals surface area contributed by atoms with Gasteiger partial charge in [-0.25, -0.2) is 0 Å². The van der Waals surface area contributed by atoms with Gasteiger partial charge in [0.25, 0.3) is 5.09 Å². The standard InChI is InChI=1S/C36H51F3N2O11/c1-4-26(52-41(47)48)12-10-15-33(44)40-20-19-35(46)51-28(23-49-27-13-9-11-25(21-27)36(37,38)39)17-18-30-29(31(42)22-32(30)43)14-7-5-6-8-16-34(45)50-24(2)3/h5,7,9,11,13,17-18,21,24,26,28-32,42-43H,4,6,8,10,12,14-16,19-20,22-23H2,1-3H3,(H,40,44)/b7-5-,18-17+/t26-,28+,29+,30+,31-,32+/m0/s1. The van der Waals surface area contributed by atoms with E-state index in [1.807, 2.05) is 12.2 Å². The average Bonchev–Trinajstić information content (AvgIpc) is 3.33. The van der Waals surface area contributed by atoms with Crippen molar-refractivity contribution in [3.8, 4) is 5.75 Å². The number of esters is 2. The molecule has 52 heavy (non-hydrogen) atoms. The van der Waals surface area contributed by atoms with E-state index >= 15 is 0 Å². The summed E-state index contributed by atoms with van der Waals surface area (Å²) in [7, 11) is 0. The second-order valence-corrected chi connectivity index (χ2v) is 12.9. The fourth-order valence-corrected chi connectivity index (χ4v) is 5.65. The SMILES string of the molecule is CC[C@@H](CCCC(=O)NCCC(=O)O[C@H](/C=C/[C@@H]1[C@@H](C/C=C\CCCC(=O)OC(C)C)[C@@H](O)C[C@H]1O)COc1cccc(C(F)(F)F)c1)O[N+](=O)[O-]. The van der Waals surface area contributed by atoms with Crippen molar-refractivity contribution in [1.29, 1.82) is 0 Å². The maximum absolute atomic E-state index is 13.2. The Morgan fingerprint density at radius 2 is 1.79 bits per heavy atom. The van der Waals surface area contributed by atoms with Gasteiger partial charge in [0, 0.05) is 31.7 Å². The van der Waals surface area contributed by atoms with Crippen LogP contribution in [-0.2, 0) is 34.9 Å². The van der Waals surface area contributed by atoms with Crippen LogP contribution < -0.4 is 10.1 Å². The molecule has 0 heterocycles. The summed E-state index contributed by atoms with van der Waals surface area (Å²) in [5, 5.41) is 33.6. The molecule has 0 unspecified atom stereocenters. The number of halogens is 3. The molecule has 1 aromatic rings. The van der Waals surface area contributed by atoms with E-state index in [-0.39, 0.29) is 68.5 Å². The lowest BCUT2D eigenvalue weighted by Gasteiger charge is -2.21. The molecule has 0 aromatic heterocycles. The number of aliphatic hydroxyl groups is 2. The molecule has 0 radical (unpaired) electrons. The largest absolute Gasteiger partial charge is 0.489 e. The van der Waals surface area contributed by atoms with Gasteiger partial charge in [-0.1, -0.05) is 31.2 Å². The van der Waals surface area contributed by atoms with Gasteiger partial charge in [-0.2, -0.15) is 13.2 Å². The number of rotatable bonds is 23. The van der Waals surface area contributed by atoms with E-state index in [4.69, 9.17) is 14.2 Å². The minimum Gasteiger partial charge on any atom is -0.489 e. The first-order chi connectivity index (χ1) is 24.6. The highest BCUT2D eigenvalue weighted by Gasteiger charge is 2.39. The summed E-state index contributed by atoms with van der Waals surface area (Å²) in [5.74, 6) is -2.43. The predicted octanol–water partition coefficient (Wildman–Crippen LogP) is 5.64. The van der Waals surface area contributed by atoms with Crippen molar-refractivity contribution in [1.82, 2.24) is 5.32 Å². The van der Waals surface area contributed by atoms with Crippen LogP contribution in [0.1, 0.15) is 90.5 Å². The normalized spacial score (nSPS) is 20.2. The first kappa shape index (κ1) is 44.0. The first-order valence-corrected chi connectivity index (χ1v) is 17.5. The van der Waals surface area contributed by atoms with E-state index in [2.05, 4.69) is 10.2 Å². The van der Waals surface area contributed by atoms with Crippen molar-refractivity contribution in [2.24, 2.45) is 11.8 Å². The maximum Gasteiger partial charge on any atom is 0.416 e. The van der Waals surface area contributed by atoms with Crippen LogP contribution in [0.2, 0.25) is 0 Å². The molecule has 6 atom stereocenters. The number of alkyl halides is 3. The summed E-state index contributed by atoms with van der Waals surface area (Å²) in [6, 6.07) is 4.22. The van der Waals surface area contributed by atoms with Gasteiger partial charge in [-0.15, -0.1) is 10.1 Å². The quantitative estimate of drug-likeness (QED) is 0.0414. The van der Waals surface area contributed by atoms with Gasteiger partial charge in [0.05, 0.1) is 30.3 Å². The first-order valence-electron chi connectivity index (χ1n) is 17.5. The van der Waals surface area contributed by atoms with Crippen LogP contribution in [0.5, 0.6) is 5.75 Å². The molecule has 0 aliphatic heterocycles. The number of benzene rings is 1. The third-order valence-corrected chi connectivity index (χ3v) is 8.29. The molecule has 292 valence electrons. The molecule has 13 nitrogen and oxygen atoms in total. The number of hydrogen-bond acceptors (Lipinski definition) is 11. The molecule has 16 heteroatoms. The lowest BCUT2D eigenvalue weighted by Crippen LogP contribution is -2.29. The molecule has 1 aliphatic carbocycles. The van der Waals surface area contributed by atoms with Crippen molar-refractivity contribution in [3.63, 3.8) is 0 Å². The van der Waals surface area contributed by atoms with E-state index in [1.165, 1.54) is 18.2 Å². The Balaban J connectivity index is 2.02. The number of allylic oxidation sites excluding steroid dienone is 2. The Kier molecular flexibility index (Phi) is 19.2. The van der Waals surface area contributed by atoms with E-state index in [1.54, 1.807) is 26.8 Å². The number of carbonyl (C=O) groups is 3. The Morgan fingerprint density at radius 1 is 1.06 bits per heavy atom. The highest BCUT2D eigenvalue weighted by atomic mass is 19.4. The van der Waals surface area contributed by atoms with Crippen molar-refractivity contribution in [3.05, 3.63) is 64.2 Å². The molecule has 1 amide bonds. The summed E-state index contributed by atoms with van der Waals surface area (Å²) in [4.78, 5) is 51.8. The molecule has 0 saturated heterocycles. The highest BCUT2D eigenvalue weighted by molar-refractivity contribution is 5.77. The van der Waals surface area contributed by atoms with Crippen molar-refractivity contribution < 1.29 is 61.9 Å². The Labute approximate surface area is 301 Å².